The van der Waals surface area contributed by atoms with Gasteiger partial charge in [0.2, 0.25) is 0 Å². The smallest absolute Gasteiger partial charge is 0.122 e. The lowest BCUT2D eigenvalue weighted by molar-refractivity contribution is 0.237. The van der Waals surface area contributed by atoms with Crippen LogP contribution in [0.15, 0.2) is 24.3 Å². The number of rotatable bonds is 6. The summed E-state index contributed by atoms with van der Waals surface area (Å²) in [5.74, 6) is 1.83. The molecule has 0 heterocycles. The van der Waals surface area contributed by atoms with Gasteiger partial charge in [0.15, 0.2) is 0 Å². The molecule has 1 aliphatic carbocycles. The van der Waals surface area contributed by atoms with Gasteiger partial charge in [0.05, 0.1) is 12.7 Å². The lowest BCUT2D eigenvalue weighted by atomic mass is 9.86. The largest absolute Gasteiger partial charge is 0.493 e. The molecule has 0 aromatic heterocycles. The molecule has 1 saturated carbocycles. The van der Waals surface area contributed by atoms with E-state index in [0.29, 0.717) is 18.4 Å². The van der Waals surface area contributed by atoms with E-state index in [1.807, 2.05) is 19.2 Å². The van der Waals surface area contributed by atoms with Gasteiger partial charge in [0, 0.05) is 0 Å². The molecule has 1 aromatic carbocycles. The Morgan fingerprint density at radius 2 is 2.19 bits per heavy atom. The van der Waals surface area contributed by atoms with E-state index in [-0.39, 0.29) is 5.54 Å². The van der Waals surface area contributed by atoms with E-state index >= 15 is 0 Å². The zero-order valence-corrected chi connectivity index (χ0v) is 13.4. The van der Waals surface area contributed by atoms with Crippen molar-refractivity contribution in [3.8, 4) is 11.8 Å². The summed E-state index contributed by atoms with van der Waals surface area (Å²) < 4.78 is 6.01. The average molecular weight is 286 g/mol. The monoisotopic (exact) mass is 286 g/mol. The van der Waals surface area contributed by atoms with Gasteiger partial charge in [-0.3, -0.25) is 0 Å². The van der Waals surface area contributed by atoms with Gasteiger partial charge < -0.3 is 10.1 Å². The van der Waals surface area contributed by atoms with Crippen LogP contribution in [-0.4, -0.2) is 19.2 Å². The van der Waals surface area contributed by atoms with E-state index in [2.05, 4.69) is 37.4 Å². The highest BCUT2D eigenvalue weighted by Gasteiger charge is 2.41. The third kappa shape index (κ3) is 3.39. The Morgan fingerprint density at radius 3 is 2.86 bits per heavy atom. The molecular weight excluding hydrogens is 260 g/mol. The molecule has 21 heavy (non-hydrogen) atoms. The second kappa shape index (κ2) is 6.95. The summed E-state index contributed by atoms with van der Waals surface area (Å²) in [5, 5.41) is 12.7. The molecule has 0 spiro atoms. The minimum absolute atomic E-state index is 0.346. The van der Waals surface area contributed by atoms with Crippen molar-refractivity contribution in [1.82, 2.24) is 5.32 Å². The Morgan fingerprint density at radius 1 is 1.43 bits per heavy atom. The van der Waals surface area contributed by atoms with Crippen molar-refractivity contribution in [3.63, 3.8) is 0 Å². The minimum atomic E-state index is -0.346. The Kier molecular flexibility index (Phi) is 5.25. The predicted molar refractivity (Wildman–Crippen MR) is 85.4 cm³/mol. The van der Waals surface area contributed by atoms with Gasteiger partial charge in [-0.25, -0.2) is 0 Å². The highest BCUT2D eigenvalue weighted by atomic mass is 16.5. The molecule has 0 saturated heterocycles. The molecule has 114 valence electrons. The summed E-state index contributed by atoms with van der Waals surface area (Å²) in [6.07, 6.45) is 4.12. The number of benzene rings is 1. The number of nitrogens with one attached hydrogen (secondary N) is 1. The Hall–Kier alpha value is -1.53. The van der Waals surface area contributed by atoms with Crippen molar-refractivity contribution in [3.05, 3.63) is 29.8 Å². The molecule has 1 aromatic rings. The van der Waals surface area contributed by atoms with Crippen molar-refractivity contribution in [2.45, 2.75) is 51.0 Å². The second-order valence-corrected chi connectivity index (χ2v) is 6.25. The molecule has 2 unspecified atom stereocenters. The quantitative estimate of drug-likeness (QED) is 0.863. The van der Waals surface area contributed by atoms with E-state index in [4.69, 9.17) is 4.74 Å². The van der Waals surface area contributed by atoms with Crippen LogP contribution >= 0.6 is 0 Å². The third-order valence-corrected chi connectivity index (χ3v) is 4.73. The van der Waals surface area contributed by atoms with E-state index in [0.717, 1.165) is 31.4 Å². The zero-order valence-electron chi connectivity index (χ0n) is 13.4. The maximum Gasteiger partial charge on any atom is 0.122 e. The first-order chi connectivity index (χ1) is 10.1. The Balaban J connectivity index is 1.95. The van der Waals surface area contributed by atoms with Crippen molar-refractivity contribution < 1.29 is 4.74 Å². The highest BCUT2D eigenvalue weighted by Crippen LogP contribution is 2.37. The van der Waals surface area contributed by atoms with Crippen molar-refractivity contribution in [2.75, 3.05) is 13.7 Å². The predicted octanol–water partition coefficient (Wildman–Crippen LogP) is 3.86. The number of nitriles is 1. The fourth-order valence-electron chi connectivity index (χ4n) is 3.40. The lowest BCUT2D eigenvalue weighted by Crippen LogP contribution is -2.45. The van der Waals surface area contributed by atoms with Crippen molar-refractivity contribution >= 4 is 0 Å². The topological polar surface area (TPSA) is 45.0 Å². The van der Waals surface area contributed by atoms with Crippen LogP contribution in [0.4, 0.5) is 0 Å². The molecule has 2 rings (SSSR count). The molecule has 2 atom stereocenters. The number of para-hydroxylation sites is 1. The molecule has 1 aliphatic rings. The summed E-state index contributed by atoms with van der Waals surface area (Å²) in [5.41, 5.74) is 0.907. The van der Waals surface area contributed by atoms with E-state index in [1.165, 1.54) is 5.56 Å². The molecule has 0 amide bonds. The van der Waals surface area contributed by atoms with Crippen LogP contribution in [0, 0.1) is 17.2 Å². The van der Waals surface area contributed by atoms with Gasteiger partial charge in [-0.05, 0) is 49.8 Å². The van der Waals surface area contributed by atoms with Gasteiger partial charge in [0.1, 0.15) is 11.3 Å². The summed E-state index contributed by atoms with van der Waals surface area (Å²) in [4.78, 5) is 0. The van der Waals surface area contributed by atoms with Gasteiger partial charge in [-0.15, -0.1) is 0 Å². The standard InChI is InChI=1S/C18H26N2O/c1-14(2)16-8-4-5-9-17(16)21-12-10-15-7-6-11-18(15,13-19)20-3/h4-5,8-9,14-15,20H,6-7,10-12H2,1-3H3. The molecule has 1 fully saturated rings. The van der Waals surface area contributed by atoms with Crippen molar-refractivity contribution in [1.29, 1.82) is 5.26 Å². The maximum absolute atomic E-state index is 9.47. The zero-order chi connectivity index (χ0) is 15.3. The van der Waals surface area contributed by atoms with Crippen LogP contribution in [0.2, 0.25) is 0 Å². The first kappa shape index (κ1) is 15.9. The van der Waals surface area contributed by atoms with Gasteiger partial charge in [-0.1, -0.05) is 38.5 Å². The SMILES string of the molecule is CNC1(C#N)CCCC1CCOc1ccccc1C(C)C. The highest BCUT2D eigenvalue weighted by molar-refractivity contribution is 5.35. The van der Waals surface area contributed by atoms with Crippen molar-refractivity contribution in [2.24, 2.45) is 5.92 Å². The van der Waals surface area contributed by atoms with Gasteiger partial charge in [-0.2, -0.15) is 5.26 Å². The number of hydrogen-bond acceptors (Lipinski definition) is 3. The fourth-order valence-corrected chi connectivity index (χ4v) is 3.40. The number of ether oxygens (including phenoxy) is 1. The van der Waals surface area contributed by atoms with Crippen LogP contribution in [0.1, 0.15) is 51.0 Å². The van der Waals surface area contributed by atoms with Crippen LogP contribution in [-0.2, 0) is 0 Å². The maximum atomic E-state index is 9.47. The molecule has 1 N–H and O–H groups in total. The Labute approximate surface area is 128 Å². The first-order valence-corrected chi connectivity index (χ1v) is 7.95. The van der Waals surface area contributed by atoms with Gasteiger partial charge >= 0.3 is 0 Å². The summed E-state index contributed by atoms with van der Waals surface area (Å²) in [6.45, 7) is 5.04. The first-order valence-electron chi connectivity index (χ1n) is 7.95. The van der Waals surface area contributed by atoms with Crippen LogP contribution in [0.5, 0.6) is 5.75 Å². The molecule has 3 nitrogen and oxygen atoms in total. The van der Waals surface area contributed by atoms with Crippen LogP contribution < -0.4 is 10.1 Å². The molecule has 0 radical (unpaired) electrons. The fraction of sp³-hybridized carbons (Fsp3) is 0.611. The van der Waals surface area contributed by atoms with E-state index in [9.17, 15) is 5.26 Å². The minimum Gasteiger partial charge on any atom is -0.493 e. The summed E-state index contributed by atoms with van der Waals surface area (Å²) in [7, 11) is 1.90. The van der Waals surface area contributed by atoms with Gasteiger partial charge in [0.25, 0.3) is 0 Å². The molecule has 3 heteroatoms. The third-order valence-electron chi connectivity index (χ3n) is 4.73. The molecule has 0 aliphatic heterocycles. The van der Waals surface area contributed by atoms with Crippen LogP contribution in [0.25, 0.3) is 0 Å². The van der Waals surface area contributed by atoms with E-state index < -0.39 is 0 Å². The molecular formula is C18H26N2O. The molecule has 0 bridgehead atoms. The summed E-state index contributed by atoms with van der Waals surface area (Å²) in [6, 6.07) is 10.7. The normalized spacial score (nSPS) is 25.0. The second-order valence-electron chi connectivity index (χ2n) is 6.25. The lowest BCUT2D eigenvalue weighted by Gasteiger charge is -2.28. The van der Waals surface area contributed by atoms with Crippen LogP contribution in [0.3, 0.4) is 0 Å². The Bertz CT molecular complexity index is 506. The summed E-state index contributed by atoms with van der Waals surface area (Å²) >= 11 is 0. The average Bonchev–Trinajstić information content (AvgIpc) is 2.91. The number of nitrogens with zero attached hydrogens (tertiary/aromatic N) is 1. The van der Waals surface area contributed by atoms with E-state index in [1.54, 1.807) is 0 Å². The number of hydrogen-bond donors (Lipinski definition) is 1.